The molecule has 0 saturated carbocycles. The predicted octanol–water partition coefficient (Wildman–Crippen LogP) is 2.06. The SMILES string of the molecule is CCCC(C(=O)NCCc1ccccc1OC)C(N)=S. The summed E-state index contributed by atoms with van der Waals surface area (Å²) in [5.41, 5.74) is 6.67. The van der Waals surface area contributed by atoms with Gasteiger partial charge in [0.1, 0.15) is 5.75 Å². The van der Waals surface area contributed by atoms with E-state index >= 15 is 0 Å². The van der Waals surface area contributed by atoms with Crippen LogP contribution in [0.3, 0.4) is 0 Å². The fraction of sp³-hybridized carbons (Fsp3) is 0.467. The van der Waals surface area contributed by atoms with Gasteiger partial charge >= 0.3 is 0 Å². The molecule has 1 atom stereocenters. The predicted molar refractivity (Wildman–Crippen MR) is 84.9 cm³/mol. The van der Waals surface area contributed by atoms with Crippen molar-refractivity contribution in [3.63, 3.8) is 0 Å². The maximum Gasteiger partial charge on any atom is 0.229 e. The molecule has 1 rings (SSSR count). The summed E-state index contributed by atoms with van der Waals surface area (Å²) in [6, 6.07) is 7.77. The molecule has 1 amide bonds. The summed E-state index contributed by atoms with van der Waals surface area (Å²) >= 11 is 4.94. The van der Waals surface area contributed by atoms with Gasteiger partial charge in [0.2, 0.25) is 5.91 Å². The molecule has 0 heterocycles. The first kappa shape index (κ1) is 16.4. The van der Waals surface area contributed by atoms with Gasteiger partial charge in [-0.2, -0.15) is 0 Å². The molecule has 0 aliphatic rings. The van der Waals surface area contributed by atoms with Crippen LogP contribution in [0.25, 0.3) is 0 Å². The van der Waals surface area contributed by atoms with E-state index in [0.29, 0.717) is 19.4 Å². The molecule has 1 unspecified atom stereocenters. The Labute approximate surface area is 125 Å². The Hall–Kier alpha value is -1.62. The first-order chi connectivity index (χ1) is 9.60. The number of methoxy groups -OCH3 is 1. The second-order valence-corrected chi connectivity index (χ2v) is 5.07. The standard InChI is InChI=1S/C15H22N2O2S/c1-3-6-12(14(16)20)15(18)17-10-9-11-7-4-5-8-13(11)19-2/h4-5,7-8,12H,3,6,9-10H2,1-2H3,(H2,16,20)(H,17,18). The van der Waals surface area contributed by atoms with Gasteiger partial charge in [-0.05, 0) is 24.5 Å². The molecule has 4 nitrogen and oxygen atoms in total. The van der Waals surface area contributed by atoms with Gasteiger partial charge in [0, 0.05) is 6.54 Å². The number of nitrogens with two attached hydrogens (primary N) is 1. The van der Waals surface area contributed by atoms with Crippen LogP contribution in [-0.4, -0.2) is 24.6 Å². The van der Waals surface area contributed by atoms with Crippen molar-refractivity contribution in [1.82, 2.24) is 5.32 Å². The highest BCUT2D eigenvalue weighted by molar-refractivity contribution is 7.80. The second kappa shape index (κ2) is 8.53. The number of carbonyl (C=O) groups is 1. The zero-order valence-electron chi connectivity index (χ0n) is 12.0. The summed E-state index contributed by atoms with van der Waals surface area (Å²) in [4.78, 5) is 12.3. The van der Waals surface area contributed by atoms with Gasteiger partial charge in [-0.1, -0.05) is 43.8 Å². The van der Waals surface area contributed by atoms with E-state index in [1.165, 1.54) is 0 Å². The van der Waals surface area contributed by atoms with Crippen molar-refractivity contribution in [2.75, 3.05) is 13.7 Å². The fourth-order valence-corrected chi connectivity index (χ4v) is 2.27. The van der Waals surface area contributed by atoms with Crippen molar-refractivity contribution >= 4 is 23.1 Å². The fourth-order valence-electron chi connectivity index (χ4n) is 2.04. The summed E-state index contributed by atoms with van der Waals surface area (Å²) in [6.07, 6.45) is 2.28. The first-order valence-corrected chi connectivity index (χ1v) is 7.19. The summed E-state index contributed by atoms with van der Waals surface area (Å²) in [7, 11) is 1.64. The van der Waals surface area contributed by atoms with Crippen LogP contribution in [0.5, 0.6) is 5.75 Å². The molecule has 3 N–H and O–H groups in total. The minimum atomic E-state index is -0.368. The van der Waals surface area contributed by atoms with Gasteiger partial charge in [-0.3, -0.25) is 4.79 Å². The van der Waals surface area contributed by atoms with E-state index in [2.05, 4.69) is 5.32 Å². The zero-order valence-corrected chi connectivity index (χ0v) is 12.8. The summed E-state index contributed by atoms with van der Waals surface area (Å²) in [5, 5.41) is 2.89. The topological polar surface area (TPSA) is 64.3 Å². The Bertz CT molecular complexity index is 463. The number of para-hydroxylation sites is 1. The van der Waals surface area contributed by atoms with Gasteiger partial charge in [-0.25, -0.2) is 0 Å². The van der Waals surface area contributed by atoms with Gasteiger partial charge in [0.25, 0.3) is 0 Å². The number of benzene rings is 1. The average molecular weight is 294 g/mol. The van der Waals surface area contributed by atoms with Gasteiger partial charge in [0.05, 0.1) is 18.0 Å². The number of thiocarbonyl (C=S) groups is 1. The highest BCUT2D eigenvalue weighted by Gasteiger charge is 2.19. The molecular formula is C15H22N2O2S. The first-order valence-electron chi connectivity index (χ1n) is 6.79. The molecule has 1 aromatic rings. The van der Waals surface area contributed by atoms with E-state index in [0.717, 1.165) is 17.7 Å². The van der Waals surface area contributed by atoms with Crippen molar-refractivity contribution < 1.29 is 9.53 Å². The van der Waals surface area contributed by atoms with E-state index in [1.54, 1.807) is 7.11 Å². The van der Waals surface area contributed by atoms with E-state index < -0.39 is 0 Å². The van der Waals surface area contributed by atoms with Crippen LogP contribution < -0.4 is 15.8 Å². The third-order valence-electron chi connectivity index (χ3n) is 3.12. The Morgan fingerprint density at radius 3 is 2.75 bits per heavy atom. The van der Waals surface area contributed by atoms with Crippen LogP contribution in [0.1, 0.15) is 25.3 Å². The lowest BCUT2D eigenvalue weighted by Crippen LogP contribution is -2.38. The molecule has 0 aliphatic carbocycles. The van der Waals surface area contributed by atoms with Gasteiger partial charge in [-0.15, -0.1) is 0 Å². The highest BCUT2D eigenvalue weighted by atomic mass is 32.1. The number of amides is 1. The van der Waals surface area contributed by atoms with E-state index in [4.69, 9.17) is 22.7 Å². The van der Waals surface area contributed by atoms with Crippen molar-refractivity contribution in [3.05, 3.63) is 29.8 Å². The minimum absolute atomic E-state index is 0.0887. The molecule has 0 fully saturated rings. The van der Waals surface area contributed by atoms with E-state index in [-0.39, 0.29) is 16.8 Å². The zero-order chi connectivity index (χ0) is 15.0. The van der Waals surface area contributed by atoms with Crippen LogP contribution in [0.15, 0.2) is 24.3 Å². The number of hydrogen-bond donors (Lipinski definition) is 2. The maximum absolute atomic E-state index is 12.0. The molecule has 0 radical (unpaired) electrons. The van der Waals surface area contributed by atoms with Crippen molar-refractivity contribution in [3.8, 4) is 5.75 Å². The maximum atomic E-state index is 12.0. The number of ether oxygens (including phenoxy) is 1. The molecule has 5 heteroatoms. The van der Waals surface area contributed by atoms with Crippen LogP contribution in [0.2, 0.25) is 0 Å². The van der Waals surface area contributed by atoms with Crippen LogP contribution in [0, 0.1) is 5.92 Å². The Balaban J connectivity index is 2.50. The number of rotatable bonds is 8. The van der Waals surface area contributed by atoms with Crippen molar-refractivity contribution in [2.45, 2.75) is 26.2 Å². The number of nitrogens with one attached hydrogen (secondary N) is 1. The Morgan fingerprint density at radius 2 is 2.15 bits per heavy atom. The normalized spacial score (nSPS) is 11.7. The highest BCUT2D eigenvalue weighted by Crippen LogP contribution is 2.17. The summed E-state index contributed by atoms with van der Waals surface area (Å²) in [6.45, 7) is 2.55. The lowest BCUT2D eigenvalue weighted by atomic mass is 10.0. The lowest BCUT2D eigenvalue weighted by molar-refractivity contribution is -0.123. The molecule has 0 saturated heterocycles. The molecule has 0 bridgehead atoms. The Morgan fingerprint density at radius 1 is 1.45 bits per heavy atom. The second-order valence-electron chi connectivity index (χ2n) is 4.60. The van der Waals surface area contributed by atoms with Crippen LogP contribution in [0.4, 0.5) is 0 Å². The molecule has 20 heavy (non-hydrogen) atoms. The van der Waals surface area contributed by atoms with Crippen molar-refractivity contribution in [2.24, 2.45) is 11.7 Å². The van der Waals surface area contributed by atoms with Crippen molar-refractivity contribution in [1.29, 1.82) is 0 Å². The van der Waals surface area contributed by atoms with E-state index in [1.807, 2.05) is 31.2 Å². The van der Waals surface area contributed by atoms with Crippen LogP contribution >= 0.6 is 12.2 Å². The Kier molecular flexibility index (Phi) is 7.01. The average Bonchev–Trinajstić information content (AvgIpc) is 2.44. The van der Waals surface area contributed by atoms with E-state index in [9.17, 15) is 4.79 Å². The smallest absolute Gasteiger partial charge is 0.229 e. The molecule has 1 aromatic carbocycles. The monoisotopic (exact) mass is 294 g/mol. The molecule has 0 aliphatic heterocycles. The number of hydrogen-bond acceptors (Lipinski definition) is 3. The summed E-state index contributed by atoms with van der Waals surface area (Å²) in [5.74, 6) is 0.378. The van der Waals surface area contributed by atoms with Gasteiger partial charge < -0.3 is 15.8 Å². The molecule has 0 spiro atoms. The van der Waals surface area contributed by atoms with Gasteiger partial charge in [0.15, 0.2) is 0 Å². The molecule has 0 aromatic heterocycles. The third-order valence-corrected chi connectivity index (χ3v) is 3.41. The van der Waals surface area contributed by atoms with Crippen LogP contribution in [-0.2, 0) is 11.2 Å². The lowest BCUT2D eigenvalue weighted by Gasteiger charge is -2.15. The minimum Gasteiger partial charge on any atom is -0.496 e. The quantitative estimate of drug-likeness (QED) is 0.720. The third kappa shape index (κ3) is 4.81. The largest absolute Gasteiger partial charge is 0.496 e. The molecule has 110 valence electrons. The summed E-state index contributed by atoms with van der Waals surface area (Å²) < 4.78 is 5.27. The number of carbonyl (C=O) groups excluding carboxylic acids is 1. The molecular weight excluding hydrogens is 272 g/mol.